The van der Waals surface area contributed by atoms with E-state index in [4.69, 9.17) is 0 Å². The minimum absolute atomic E-state index is 0.0227. The third kappa shape index (κ3) is 4.12. The summed E-state index contributed by atoms with van der Waals surface area (Å²) in [6.07, 6.45) is 7.87. The van der Waals surface area contributed by atoms with Crippen LogP contribution >= 0.6 is 0 Å². The molecule has 0 atom stereocenters. The van der Waals surface area contributed by atoms with Crippen LogP contribution in [0.1, 0.15) is 24.8 Å². The Morgan fingerprint density at radius 3 is 2.74 bits per heavy atom. The van der Waals surface area contributed by atoms with E-state index in [0.29, 0.717) is 12.4 Å². The molecule has 120 valence electrons. The van der Waals surface area contributed by atoms with Crippen molar-refractivity contribution < 1.29 is 9.59 Å². The fraction of sp³-hybridized carbons (Fsp3) is 0.400. The molecule has 8 heteroatoms. The quantitative estimate of drug-likeness (QED) is 0.818. The molecule has 1 aliphatic rings. The Hall–Kier alpha value is -2.77. The van der Waals surface area contributed by atoms with Crippen molar-refractivity contribution >= 4 is 17.6 Å². The number of anilines is 1. The predicted molar refractivity (Wildman–Crippen MR) is 82.1 cm³/mol. The second-order valence-electron chi connectivity index (χ2n) is 5.55. The summed E-state index contributed by atoms with van der Waals surface area (Å²) in [5, 5.41) is 13.2. The summed E-state index contributed by atoms with van der Waals surface area (Å²) in [7, 11) is 0. The average molecular weight is 314 g/mol. The number of nitrogens with zero attached hydrogens (tertiary/aromatic N) is 4. The minimum atomic E-state index is -0.177. The molecule has 2 aromatic rings. The number of amides is 2. The number of nitrogens with one attached hydrogen (secondary N) is 2. The molecule has 1 aliphatic carbocycles. The maximum atomic E-state index is 11.9. The number of carbonyl (C=O) groups excluding carboxylic acids is 2. The van der Waals surface area contributed by atoms with Crippen LogP contribution in [0.3, 0.4) is 0 Å². The molecule has 8 nitrogen and oxygen atoms in total. The summed E-state index contributed by atoms with van der Waals surface area (Å²) in [6, 6.07) is 3.67. The van der Waals surface area contributed by atoms with Crippen LogP contribution in [-0.4, -0.2) is 31.8 Å². The highest BCUT2D eigenvalue weighted by atomic mass is 16.2. The molecule has 0 radical (unpaired) electrons. The lowest BCUT2D eigenvalue weighted by Crippen LogP contribution is -2.28. The highest BCUT2D eigenvalue weighted by Gasteiger charge is 2.25. The van der Waals surface area contributed by atoms with Crippen LogP contribution in [0.15, 0.2) is 30.7 Å². The van der Waals surface area contributed by atoms with Crippen molar-refractivity contribution in [1.82, 2.24) is 25.3 Å². The van der Waals surface area contributed by atoms with Gasteiger partial charge in [-0.15, -0.1) is 5.10 Å². The van der Waals surface area contributed by atoms with Gasteiger partial charge in [0.1, 0.15) is 6.54 Å². The van der Waals surface area contributed by atoms with E-state index in [1.54, 1.807) is 18.6 Å². The smallest absolute Gasteiger partial charge is 0.242 e. The van der Waals surface area contributed by atoms with Gasteiger partial charge in [-0.3, -0.25) is 14.6 Å². The second kappa shape index (κ2) is 6.99. The molecule has 1 saturated carbocycles. The van der Waals surface area contributed by atoms with Gasteiger partial charge >= 0.3 is 0 Å². The Labute approximate surface area is 133 Å². The van der Waals surface area contributed by atoms with Crippen LogP contribution < -0.4 is 10.6 Å². The van der Waals surface area contributed by atoms with Gasteiger partial charge in [-0.1, -0.05) is 11.6 Å². The molecule has 23 heavy (non-hydrogen) atoms. The van der Waals surface area contributed by atoms with E-state index in [0.717, 1.165) is 24.8 Å². The van der Waals surface area contributed by atoms with Gasteiger partial charge in [-0.25, -0.2) is 4.68 Å². The molecule has 2 N–H and O–H groups in total. The van der Waals surface area contributed by atoms with Crippen LogP contribution in [0.5, 0.6) is 0 Å². The van der Waals surface area contributed by atoms with Gasteiger partial charge in [0.2, 0.25) is 11.8 Å². The van der Waals surface area contributed by atoms with Crippen molar-refractivity contribution in [3.05, 3.63) is 36.3 Å². The lowest BCUT2D eigenvalue weighted by Gasteiger charge is -2.23. The summed E-state index contributed by atoms with van der Waals surface area (Å²) in [6.45, 7) is 0.485. The molecule has 2 aromatic heterocycles. The second-order valence-corrected chi connectivity index (χ2v) is 5.55. The van der Waals surface area contributed by atoms with Crippen LogP contribution in [0, 0.1) is 5.92 Å². The van der Waals surface area contributed by atoms with Gasteiger partial charge in [0, 0.05) is 24.9 Å². The first-order valence-electron chi connectivity index (χ1n) is 7.57. The third-order valence-corrected chi connectivity index (χ3v) is 3.81. The van der Waals surface area contributed by atoms with Crippen molar-refractivity contribution in [3.63, 3.8) is 0 Å². The number of aromatic nitrogens is 4. The van der Waals surface area contributed by atoms with E-state index in [9.17, 15) is 9.59 Å². The molecule has 0 bridgehead atoms. The lowest BCUT2D eigenvalue weighted by atomic mass is 9.85. The summed E-state index contributed by atoms with van der Waals surface area (Å²) < 4.78 is 1.40. The first-order chi connectivity index (χ1) is 11.2. The molecule has 0 saturated heterocycles. The molecule has 0 aliphatic heterocycles. The van der Waals surface area contributed by atoms with E-state index in [2.05, 4.69) is 25.9 Å². The number of hydrogen-bond acceptors (Lipinski definition) is 5. The Balaban J connectivity index is 1.46. The molecule has 1 fully saturated rings. The van der Waals surface area contributed by atoms with Crippen LogP contribution in [0.4, 0.5) is 5.82 Å². The molecule has 0 unspecified atom stereocenters. The van der Waals surface area contributed by atoms with E-state index in [1.165, 1.54) is 4.68 Å². The van der Waals surface area contributed by atoms with Gasteiger partial charge in [-0.05, 0) is 30.5 Å². The lowest BCUT2D eigenvalue weighted by molar-refractivity contribution is -0.122. The SMILES string of the molecule is O=C(Cn1cc(NC(=O)C2CCC2)nn1)NCc1ccncc1. The van der Waals surface area contributed by atoms with E-state index in [1.807, 2.05) is 12.1 Å². The maximum absolute atomic E-state index is 11.9. The molecule has 2 heterocycles. The van der Waals surface area contributed by atoms with Gasteiger partial charge in [0.15, 0.2) is 5.82 Å². The monoisotopic (exact) mass is 314 g/mol. The number of hydrogen-bond donors (Lipinski definition) is 2. The zero-order valence-corrected chi connectivity index (χ0v) is 12.6. The van der Waals surface area contributed by atoms with Crippen LogP contribution in [0.25, 0.3) is 0 Å². The summed E-state index contributed by atoms with van der Waals surface area (Å²) in [5.41, 5.74) is 0.973. The molecular formula is C15H18N6O2. The first kappa shape index (κ1) is 15.1. The molecule has 2 amide bonds. The molecule has 0 spiro atoms. The fourth-order valence-corrected chi connectivity index (χ4v) is 2.24. The van der Waals surface area contributed by atoms with E-state index >= 15 is 0 Å². The molecular weight excluding hydrogens is 296 g/mol. The summed E-state index contributed by atoms with van der Waals surface area (Å²) in [5.74, 6) is 0.265. The Morgan fingerprint density at radius 2 is 2.04 bits per heavy atom. The third-order valence-electron chi connectivity index (χ3n) is 3.81. The van der Waals surface area contributed by atoms with Gasteiger partial charge in [0.25, 0.3) is 0 Å². The number of rotatable bonds is 6. The molecule has 0 aromatic carbocycles. The van der Waals surface area contributed by atoms with E-state index in [-0.39, 0.29) is 24.3 Å². The molecule has 3 rings (SSSR count). The summed E-state index contributed by atoms with van der Waals surface area (Å²) in [4.78, 5) is 27.6. The zero-order chi connectivity index (χ0) is 16.1. The Bertz CT molecular complexity index is 680. The van der Waals surface area contributed by atoms with Crippen molar-refractivity contribution in [1.29, 1.82) is 0 Å². The first-order valence-corrected chi connectivity index (χ1v) is 7.57. The normalized spacial score (nSPS) is 14.1. The van der Waals surface area contributed by atoms with Gasteiger partial charge in [0.05, 0.1) is 6.20 Å². The van der Waals surface area contributed by atoms with Crippen molar-refractivity contribution in [2.45, 2.75) is 32.4 Å². The fourth-order valence-electron chi connectivity index (χ4n) is 2.24. The summed E-state index contributed by atoms with van der Waals surface area (Å²) >= 11 is 0. The minimum Gasteiger partial charge on any atom is -0.350 e. The van der Waals surface area contributed by atoms with Crippen molar-refractivity contribution in [3.8, 4) is 0 Å². The highest BCUT2D eigenvalue weighted by molar-refractivity contribution is 5.92. The van der Waals surface area contributed by atoms with Gasteiger partial charge < -0.3 is 10.6 Å². The number of pyridine rings is 1. The number of carbonyl (C=O) groups is 2. The van der Waals surface area contributed by atoms with Crippen molar-refractivity contribution in [2.24, 2.45) is 5.92 Å². The van der Waals surface area contributed by atoms with Crippen LogP contribution in [0.2, 0.25) is 0 Å². The Morgan fingerprint density at radius 1 is 1.26 bits per heavy atom. The topological polar surface area (TPSA) is 102 Å². The van der Waals surface area contributed by atoms with Crippen molar-refractivity contribution in [2.75, 3.05) is 5.32 Å². The predicted octanol–water partition coefficient (Wildman–Crippen LogP) is 0.728. The highest BCUT2D eigenvalue weighted by Crippen LogP contribution is 2.27. The maximum Gasteiger partial charge on any atom is 0.242 e. The van der Waals surface area contributed by atoms with Crippen LogP contribution in [-0.2, 0) is 22.7 Å². The standard InChI is InChI=1S/C15H18N6O2/c22-14(17-8-11-4-6-16-7-5-11)10-21-9-13(19-20-21)18-15(23)12-2-1-3-12/h4-7,9,12H,1-3,8,10H2,(H,17,22)(H,18,23). The largest absolute Gasteiger partial charge is 0.350 e. The van der Waals surface area contributed by atoms with Gasteiger partial charge in [-0.2, -0.15) is 0 Å². The average Bonchev–Trinajstić information content (AvgIpc) is 2.91. The zero-order valence-electron chi connectivity index (χ0n) is 12.6. The Kier molecular flexibility index (Phi) is 4.60. The van der Waals surface area contributed by atoms with E-state index < -0.39 is 0 Å².